The van der Waals surface area contributed by atoms with E-state index in [0.717, 1.165) is 18.5 Å². The zero-order valence-corrected chi connectivity index (χ0v) is 11.8. The Balaban J connectivity index is 2.93. The van der Waals surface area contributed by atoms with E-state index in [2.05, 4.69) is 9.71 Å². The number of alkyl halides is 1. The Hall–Kier alpha value is -0.720. The van der Waals surface area contributed by atoms with E-state index in [4.69, 9.17) is 11.6 Å². The lowest BCUT2D eigenvalue weighted by molar-refractivity contribution is 0.438. The van der Waals surface area contributed by atoms with Crippen LogP contribution in [0.1, 0.15) is 20.3 Å². The normalized spacial score (nSPS) is 13.8. The molecule has 1 heterocycles. The summed E-state index contributed by atoms with van der Waals surface area (Å²) >= 11 is 5.63. The second-order valence-corrected chi connectivity index (χ2v) is 6.38. The number of hydrogen-bond acceptors (Lipinski definition) is 3. The maximum Gasteiger partial charge on any atom is 0.242 e. The van der Waals surface area contributed by atoms with Crippen molar-refractivity contribution in [3.63, 3.8) is 0 Å². The van der Waals surface area contributed by atoms with Crippen molar-refractivity contribution in [3.05, 3.63) is 24.3 Å². The third-order valence-corrected chi connectivity index (χ3v) is 4.20. The molecule has 1 aromatic heterocycles. The number of nitrogens with one attached hydrogen (secondary N) is 1. The van der Waals surface area contributed by atoms with Gasteiger partial charge in [0.05, 0.1) is 6.20 Å². The fourth-order valence-corrected chi connectivity index (χ4v) is 3.08. The van der Waals surface area contributed by atoms with Gasteiger partial charge >= 0.3 is 0 Å². The number of pyridine rings is 1. The third-order valence-electron chi connectivity index (χ3n) is 2.52. The molecule has 0 radical (unpaired) electrons. The van der Waals surface area contributed by atoms with Gasteiger partial charge in [0.25, 0.3) is 0 Å². The van der Waals surface area contributed by atoms with Gasteiger partial charge in [-0.25, -0.2) is 17.5 Å². The smallest absolute Gasteiger partial charge is 0.242 e. The van der Waals surface area contributed by atoms with Gasteiger partial charge in [0.15, 0.2) is 0 Å². The molecule has 102 valence electrons. The molecule has 1 aromatic rings. The maximum atomic E-state index is 13.0. The third kappa shape index (κ3) is 4.19. The highest BCUT2D eigenvalue weighted by Crippen LogP contribution is 2.14. The van der Waals surface area contributed by atoms with Crippen molar-refractivity contribution >= 4 is 21.6 Å². The van der Waals surface area contributed by atoms with Crippen LogP contribution in [0.15, 0.2) is 23.4 Å². The van der Waals surface area contributed by atoms with Gasteiger partial charge in [0, 0.05) is 18.1 Å². The first-order chi connectivity index (χ1) is 8.36. The van der Waals surface area contributed by atoms with Crippen LogP contribution in [-0.2, 0) is 10.0 Å². The van der Waals surface area contributed by atoms with Gasteiger partial charge < -0.3 is 0 Å². The summed E-state index contributed by atoms with van der Waals surface area (Å²) in [5, 5.41) is 0. The van der Waals surface area contributed by atoms with Crippen LogP contribution in [-0.4, -0.2) is 25.3 Å². The van der Waals surface area contributed by atoms with Crippen LogP contribution < -0.4 is 4.72 Å². The van der Waals surface area contributed by atoms with Gasteiger partial charge in [-0.3, -0.25) is 4.98 Å². The summed E-state index contributed by atoms with van der Waals surface area (Å²) in [6.45, 7) is 3.78. The summed E-state index contributed by atoms with van der Waals surface area (Å²) in [6, 6.07) is 0.656. The summed E-state index contributed by atoms with van der Waals surface area (Å²) in [5.74, 6) is -0.233. The van der Waals surface area contributed by atoms with Crippen LogP contribution in [0.3, 0.4) is 0 Å². The number of hydrogen-bond donors (Lipinski definition) is 1. The molecule has 0 aliphatic carbocycles. The predicted octanol–water partition coefficient (Wildman–Crippen LogP) is 2.15. The molecule has 0 saturated carbocycles. The molecule has 0 aliphatic rings. The first-order valence-corrected chi connectivity index (χ1v) is 7.57. The SMILES string of the molecule is CC(C)C(CCCl)NS(=O)(=O)c1cncc(F)c1. The van der Waals surface area contributed by atoms with Crippen molar-refractivity contribution in [1.82, 2.24) is 9.71 Å². The number of nitrogens with zero attached hydrogens (tertiary/aromatic N) is 1. The lowest BCUT2D eigenvalue weighted by atomic mass is 10.0. The number of halogens is 2. The summed E-state index contributed by atoms with van der Waals surface area (Å²) in [4.78, 5) is 3.35. The van der Waals surface area contributed by atoms with E-state index in [1.165, 1.54) is 0 Å². The average molecular weight is 295 g/mol. The van der Waals surface area contributed by atoms with Gasteiger partial charge in [0.1, 0.15) is 10.7 Å². The Labute approximate surface area is 112 Å². The van der Waals surface area contributed by atoms with Crippen molar-refractivity contribution < 1.29 is 12.8 Å². The van der Waals surface area contributed by atoms with Gasteiger partial charge in [-0.2, -0.15) is 0 Å². The second-order valence-electron chi connectivity index (χ2n) is 4.29. The molecular weight excluding hydrogens is 279 g/mol. The highest BCUT2D eigenvalue weighted by atomic mass is 35.5. The lowest BCUT2D eigenvalue weighted by Gasteiger charge is -2.21. The Morgan fingerprint density at radius 2 is 2.11 bits per heavy atom. The van der Waals surface area contributed by atoms with E-state index in [1.807, 2.05) is 13.8 Å². The van der Waals surface area contributed by atoms with E-state index in [0.29, 0.717) is 12.3 Å². The van der Waals surface area contributed by atoms with Crippen molar-refractivity contribution in [3.8, 4) is 0 Å². The Morgan fingerprint density at radius 1 is 1.44 bits per heavy atom. The van der Waals surface area contributed by atoms with E-state index < -0.39 is 15.8 Å². The molecule has 1 rings (SSSR count). The van der Waals surface area contributed by atoms with E-state index in [1.54, 1.807) is 0 Å². The van der Waals surface area contributed by atoms with Crippen LogP contribution in [0, 0.1) is 11.7 Å². The standard InChI is InChI=1S/C11H16ClFN2O2S/c1-8(2)11(3-4-12)15-18(16,17)10-5-9(13)6-14-7-10/h5-8,11,15H,3-4H2,1-2H3. The molecule has 0 saturated heterocycles. The van der Waals surface area contributed by atoms with Crippen molar-refractivity contribution in [2.24, 2.45) is 5.92 Å². The van der Waals surface area contributed by atoms with Crippen LogP contribution in [0.4, 0.5) is 4.39 Å². The van der Waals surface area contributed by atoms with Gasteiger partial charge in [-0.05, 0) is 18.4 Å². The quantitative estimate of drug-likeness (QED) is 0.818. The predicted molar refractivity (Wildman–Crippen MR) is 68.5 cm³/mol. The molecule has 1 atom stereocenters. The van der Waals surface area contributed by atoms with Crippen molar-refractivity contribution in [2.75, 3.05) is 5.88 Å². The maximum absolute atomic E-state index is 13.0. The second kappa shape index (κ2) is 6.45. The van der Waals surface area contributed by atoms with Crippen molar-refractivity contribution in [1.29, 1.82) is 0 Å². The molecule has 0 aliphatic heterocycles. The molecule has 18 heavy (non-hydrogen) atoms. The fourth-order valence-electron chi connectivity index (χ4n) is 1.45. The lowest BCUT2D eigenvalue weighted by Crippen LogP contribution is -2.38. The largest absolute Gasteiger partial charge is 0.260 e. The van der Waals surface area contributed by atoms with Gasteiger partial charge in [-0.15, -0.1) is 11.6 Å². The molecule has 0 aromatic carbocycles. The van der Waals surface area contributed by atoms with Crippen LogP contribution >= 0.6 is 11.6 Å². The minimum absolute atomic E-state index is 0.0973. The van der Waals surface area contributed by atoms with E-state index in [9.17, 15) is 12.8 Å². The molecule has 4 nitrogen and oxygen atoms in total. The molecule has 1 N–H and O–H groups in total. The highest BCUT2D eigenvalue weighted by Gasteiger charge is 2.22. The van der Waals surface area contributed by atoms with E-state index >= 15 is 0 Å². The summed E-state index contributed by atoms with van der Waals surface area (Å²) in [6.07, 6.45) is 2.59. The number of aromatic nitrogens is 1. The molecule has 1 unspecified atom stereocenters. The van der Waals surface area contributed by atoms with Crippen LogP contribution in [0.2, 0.25) is 0 Å². The minimum Gasteiger partial charge on any atom is -0.260 e. The summed E-state index contributed by atoms with van der Waals surface area (Å²) in [7, 11) is -3.76. The Kier molecular flexibility index (Phi) is 5.49. The number of sulfonamides is 1. The molecule has 0 spiro atoms. The van der Waals surface area contributed by atoms with Crippen molar-refractivity contribution in [2.45, 2.75) is 31.2 Å². The topological polar surface area (TPSA) is 59.1 Å². The van der Waals surface area contributed by atoms with Gasteiger partial charge in [0.2, 0.25) is 10.0 Å². The average Bonchev–Trinajstić information content (AvgIpc) is 2.28. The molecule has 0 fully saturated rings. The number of rotatable bonds is 6. The monoisotopic (exact) mass is 294 g/mol. The van der Waals surface area contributed by atoms with E-state index in [-0.39, 0.29) is 16.9 Å². The molecule has 7 heteroatoms. The summed E-state index contributed by atoms with van der Waals surface area (Å²) in [5.41, 5.74) is 0. The van der Waals surface area contributed by atoms with Gasteiger partial charge in [-0.1, -0.05) is 13.8 Å². The fraction of sp³-hybridized carbons (Fsp3) is 0.545. The minimum atomic E-state index is -3.76. The zero-order valence-electron chi connectivity index (χ0n) is 10.2. The zero-order chi connectivity index (χ0) is 13.8. The molecule has 0 amide bonds. The Morgan fingerprint density at radius 3 is 2.61 bits per heavy atom. The first-order valence-electron chi connectivity index (χ1n) is 5.55. The molecular formula is C11H16ClFN2O2S. The highest BCUT2D eigenvalue weighted by molar-refractivity contribution is 7.89. The first kappa shape index (κ1) is 15.3. The van der Waals surface area contributed by atoms with Crippen LogP contribution in [0.25, 0.3) is 0 Å². The Bertz CT molecular complexity index is 494. The van der Waals surface area contributed by atoms with Crippen LogP contribution in [0.5, 0.6) is 0 Å². The molecule has 0 bridgehead atoms. The summed E-state index contributed by atoms with van der Waals surface area (Å²) < 4.78 is 39.5.